The maximum absolute atomic E-state index is 12.8. The first-order chi connectivity index (χ1) is 14.2. The molecule has 3 rings (SSSR count). The molecule has 1 amide bonds. The third-order valence-electron chi connectivity index (χ3n) is 4.70. The smallest absolute Gasteiger partial charge is 0.271 e. The second kappa shape index (κ2) is 8.97. The van der Waals surface area contributed by atoms with E-state index in [1.165, 1.54) is 0 Å². The van der Waals surface area contributed by atoms with E-state index in [-0.39, 0.29) is 17.6 Å². The Morgan fingerprint density at radius 2 is 1.90 bits per heavy atom. The number of carbonyl (C=O) groups excluding carboxylic acids is 1. The average Bonchev–Trinajstić information content (AvgIpc) is 3.11. The zero-order chi connectivity index (χ0) is 21.8. The molecule has 7 nitrogen and oxygen atoms in total. The first kappa shape index (κ1) is 22.0. The van der Waals surface area contributed by atoms with Crippen molar-refractivity contribution in [1.82, 2.24) is 4.72 Å². The normalized spacial score (nSPS) is 18.7. The van der Waals surface area contributed by atoms with Gasteiger partial charge in [-0.2, -0.15) is 0 Å². The lowest BCUT2D eigenvalue weighted by Gasteiger charge is -2.20. The lowest BCUT2D eigenvalue weighted by molar-refractivity contribution is -0.135. The molecule has 0 fully saturated rings. The van der Waals surface area contributed by atoms with Crippen LogP contribution < -0.4 is 10.0 Å². The molecule has 0 unspecified atom stereocenters. The van der Waals surface area contributed by atoms with Crippen LogP contribution in [0.15, 0.2) is 59.8 Å². The van der Waals surface area contributed by atoms with Gasteiger partial charge >= 0.3 is 0 Å². The standard InChI is InChI=1S/C22H27N3O4S/c1-16(2)14-23-30(27,28)15-17-8-7-11-19(12-17)24-21(26)22(3)13-20(25-29-22)18-9-5-4-6-10-18/h4-12,16,23H,13-15H2,1-3H3,(H,24,26)/t22-/m1/s1. The van der Waals surface area contributed by atoms with Crippen molar-refractivity contribution in [2.45, 2.75) is 38.5 Å². The number of nitrogens with one attached hydrogen (secondary N) is 2. The molecule has 2 aromatic rings. The van der Waals surface area contributed by atoms with Gasteiger partial charge in [-0.3, -0.25) is 4.79 Å². The Hall–Kier alpha value is -2.71. The molecule has 0 saturated heterocycles. The van der Waals surface area contributed by atoms with E-state index in [0.717, 1.165) is 5.56 Å². The average molecular weight is 430 g/mol. The Bertz CT molecular complexity index is 1040. The molecule has 2 aromatic carbocycles. The van der Waals surface area contributed by atoms with Crippen LogP contribution >= 0.6 is 0 Å². The Balaban J connectivity index is 1.64. The van der Waals surface area contributed by atoms with E-state index < -0.39 is 15.6 Å². The first-order valence-electron chi connectivity index (χ1n) is 9.85. The summed E-state index contributed by atoms with van der Waals surface area (Å²) in [7, 11) is -3.45. The molecule has 0 radical (unpaired) electrons. The fourth-order valence-electron chi connectivity index (χ4n) is 3.01. The second-order valence-corrected chi connectivity index (χ2v) is 9.87. The minimum atomic E-state index is -3.45. The third kappa shape index (κ3) is 5.67. The van der Waals surface area contributed by atoms with Crippen LogP contribution in [0.25, 0.3) is 0 Å². The van der Waals surface area contributed by atoms with Crippen LogP contribution in [0.1, 0.15) is 38.3 Å². The monoisotopic (exact) mass is 429 g/mol. The summed E-state index contributed by atoms with van der Waals surface area (Å²) in [6.45, 7) is 5.96. The van der Waals surface area contributed by atoms with E-state index in [0.29, 0.717) is 29.9 Å². The third-order valence-corrected chi connectivity index (χ3v) is 6.02. The van der Waals surface area contributed by atoms with Crippen molar-refractivity contribution < 1.29 is 18.0 Å². The fourth-order valence-corrected chi connectivity index (χ4v) is 4.32. The zero-order valence-corrected chi connectivity index (χ0v) is 18.2. The van der Waals surface area contributed by atoms with Crippen LogP contribution in [0.4, 0.5) is 5.69 Å². The lowest BCUT2D eigenvalue weighted by atomic mass is 9.95. The molecule has 0 aromatic heterocycles. The molecular formula is C22H27N3O4S. The molecule has 30 heavy (non-hydrogen) atoms. The number of oxime groups is 1. The van der Waals surface area contributed by atoms with E-state index in [4.69, 9.17) is 4.84 Å². The van der Waals surface area contributed by atoms with E-state index in [9.17, 15) is 13.2 Å². The molecule has 0 spiro atoms. The highest BCUT2D eigenvalue weighted by atomic mass is 32.2. The van der Waals surface area contributed by atoms with E-state index >= 15 is 0 Å². The molecule has 0 bridgehead atoms. The molecule has 0 saturated carbocycles. The Morgan fingerprint density at radius 1 is 1.17 bits per heavy atom. The number of amides is 1. The van der Waals surface area contributed by atoms with Crippen LogP contribution in [0.2, 0.25) is 0 Å². The summed E-state index contributed by atoms with van der Waals surface area (Å²) in [6, 6.07) is 16.4. The number of sulfonamides is 1. The number of benzene rings is 2. The Labute approximate surface area is 177 Å². The van der Waals surface area contributed by atoms with Crippen LogP contribution in [-0.2, 0) is 25.4 Å². The summed E-state index contributed by atoms with van der Waals surface area (Å²) in [5.41, 5.74) is 1.59. The van der Waals surface area contributed by atoms with Gasteiger partial charge in [0.2, 0.25) is 15.6 Å². The lowest BCUT2D eigenvalue weighted by Crippen LogP contribution is -2.40. The quantitative estimate of drug-likeness (QED) is 0.673. The maximum atomic E-state index is 12.8. The molecule has 1 aliphatic heterocycles. The SMILES string of the molecule is CC(C)CNS(=O)(=O)Cc1cccc(NC(=O)[C@@]2(C)CC(c3ccccc3)=NO2)c1. The predicted octanol–water partition coefficient (Wildman–Crippen LogP) is 3.28. The minimum Gasteiger partial charge on any atom is -0.379 e. The van der Waals surface area contributed by atoms with Crippen LogP contribution in [0.5, 0.6) is 0 Å². The number of nitrogens with zero attached hydrogens (tertiary/aromatic N) is 1. The Morgan fingerprint density at radius 3 is 2.60 bits per heavy atom. The number of rotatable bonds is 8. The van der Waals surface area contributed by atoms with Gasteiger partial charge in [0.05, 0.1) is 11.5 Å². The van der Waals surface area contributed by atoms with Crippen molar-refractivity contribution in [1.29, 1.82) is 0 Å². The van der Waals surface area contributed by atoms with E-state index in [2.05, 4.69) is 15.2 Å². The minimum absolute atomic E-state index is 0.154. The summed E-state index contributed by atoms with van der Waals surface area (Å²) in [6.07, 6.45) is 0.343. The van der Waals surface area contributed by atoms with E-state index in [1.54, 1.807) is 31.2 Å². The van der Waals surface area contributed by atoms with Gasteiger partial charge in [0.25, 0.3) is 5.91 Å². The molecule has 8 heteroatoms. The van der Waals surface area contributed by atoms with Gasteiger partial charge in [0, 0.05) is 18.7 Å². The van der Waals surface area contributed by atoms with Crippen molar-refractivity contribution in [2.75, 3.05) is 11.9 Å². The number of carbonyl (C=O) groups is 1. The number of anilines is 1. The first-order valence-corrected chi connectivity index (χ1v) is 11.5. The van der Waals surface area contributed by atoms with Crippen molar-refractivity contribution in [3.8, 4) is 0 Å². The van der Waals surface area contributed by atoms with Gasteiger partial charge in [0.15, 0.2) is 0 Å². The zero-order valence-electron chi connectivity index (χ0n) is 17.4. The van der Waals surface area contributed by atoms with Gasteiger partial charge in [-0.1, -0.05) is 61.5 Å². The van der Waals surface area contributed by atoms with Crippen molar-refractivity contribution in [3.05, 3.63) is 65.7 Å². The summed E-state index contributed by atoms with van der Waals surface area (Å²) < 4.78 is 27.1. The van der Waals surface area contributed by atoms with Crippen LogP contribution in [0, 0.1) is 5.92 Å². The fraction of sp³-hybridized carbons (Fsp3) is 0.364. The second-order valence-electron chi connectivity index (χ2n) is 8.06. The highest BCUT2D eigenvalue weighted by molar-refractivity contribution is 7.88. The topological polar surface area (TPSA) is 96.9 Å². The molecular weight excluding hydrogens is 402 g/mol. The van der Waals surface area contributed by atoms with Gasteiger partial charge < -0.3 is 10.2 Å². The van der Waals surface area contributed by atoms with Crippen molar-refractivity contribution >= 4 is 27.3 Å². The molecule has 1 atom stereocenters. The van der Waals surface area contributed by atoms with Crippen molar-refractivity contribution in [2.24, 2.45) is 11.1 Å². The highest BCUT2D eigenvalue weighted by Crippen LogP contribution is 2.28. The number of hydrogen-bond acceptors (Lipinski definition) is 5. The predicted molar refractivity (Wildman–Crippen MR) is 118 cm³/mol. The van der Waals surface area contributed by atoms with Gasteiger partial charge in [-0.25, -0.2) is 13.1 Å². The number of hydrogen-bond donors (Lipinski definition) is 2. The summed E-state index contributed by atoms with van der Waals surface area (Å²) >= 11 is 0. The summed E-state index contributed by atoms with van der Waals surface area (Å²) in [4.78, 5) is 18.3. The molecule has 1 heterocycles. The molecule has 0 aliphatic carbocycles. The Kier molecular flexibility index (Phi) is 6.58. The molecule has 2 N–H and O–H groups in total. The van der Waals surface area contributed by atoms with Gasteiger partial charge in [0.1, 0.15) is 0 Å². The maximum Gasteiger partial charge on any atom is 0.271 e. The molecule has 160 valence electrons. The van der Waals surface area contributed by atoms with Crippen LogP contribution in [-0.4, -0.2) is 32.2 Å². The van der Waals surface area contributed by atoms with E-state index in [1.807, 2.05) is 44.2 Å². The van der Waals surface area contributed by atoms with Gasteiger partial charge in [-0.15, -0.1) is 0 Å². The summed E-state index contributed by atoms with van der Waals surface area (Å²) in [5.74, 6) is -0.269. The van der Waals surface area contributed by atoms with Crippen molar-refractivity contribution in [3.63, 3.8) is 0 Å². The summed E-state index contributed by atoms with van der Waals surface area (Å²) in [5, 5.41) is 6.91. The molecule has 1 aliphatic rings. The van der Waals surface area contributed by atoms with Crippen LogP contribution in [0.3, 0.4) is 0 Å². The highest BCUT2D eigenvalue weighted by Gasteiger charge is 2.42. The largest absolute Gasteiger partial charge is 0.379 e. The van der Waals surface area contributed by atoms with Gasteiger partial charge in [-0.05, 0) is 36.1 Å².